The van der Waals surface area contributed by atoms with E-state index in [0.29, 0.717) is 30.7 Å². The zero-order valence-corrected chi connectivity index (χ0v) is 17.5. The van der Waals surface area contributed by atoms with E-state index in [1.807, 2.05) is 18.2 Å². The number of hydrogen-bond donors (Lipinski definition) is 0. The largest absolute Gasteiger partial charge is 0.412 e. The van der Waals surface area contributed by atoms with Crippen LogP contribution in [0.3, 0.4) is 0 Å². The van der Waals surface area contributed by atoms with Crippen LogP contribution in [0, 0.1) is 11.3 Å². The van der Waals surface area contributed by atoms with Gasteiger partial charge in [-0.2, -0.15) is 5.26 Å². The number of imidazole rings is 1. The number of aromatic nitrogens is 6. The molecule has 2 N–H and O–H groups in total. The number of hydrogen-bond acceptors (Lipinski definition) is 6. The zero-order chi connectivity index (χ0) is 22.1. The maximum Gasteiger partial charge on any atom is 0.332 e. The predicted molar refractivity (Wildman–Crippen MR) is 117 cm³/mol. The summed E-state index contributed by atoms with van der Waals surface area (Å²) in [6.45, 7) is 0.760. The smallest absolute Gasteiger partial charge is 0.332 e. The number of aryl methyl sites for hydroxylation is 3. The van der Waals surface area contributed by atoms with Crippen LogP contribution in [0.15, 0.2) is 57.5 Å². The summed E-state index contributed by atoms with van der Waals surface area (Å²) in [6, 6.07) is 7.15. The SMILES string of the molecule is Cn1c(=O)c2c(ncn2CCCn2cc(-c3ccncc3)cc(C#N)c2=O)n(C)c1=O.O. The Kier molecular flexibility index (Phi) is 6.17. The Morgan fingerprint density at radius 2 is 1.66 bits per heavy atom. The molecule has 0 saturated carbocycles. The molecule has 0 atom stereocenters. The van der Waals surface area contributed by atoms with E-state index < -0.39 is 11.2 Å². The summed E-state index contributed by atoms with van der Waals surface area (Å²) in [4.78, 5) is 45.4. The van der Waals surface area contributed by atoms with Gasteiger partial charge < -0.3 is 14.6 Å². The number of rotatable bonds is 5. The quantitative estimate of drug-likeness (QED) is 0.423. The summed E-state index contributed by atoms with van der Waals surface area (Å²) >= 11 is 0. The van der Waals surface area contributed by atoms with Gasteiger partial charge in [0.1, 0.15) is 11.6 Å². The third-order valence-electron chi connectivity index (χ3n) is 5.24. The molecule has 4 aromatic heterocycles. The predicted octanol–water partition coefficient (Wildman–Crippen LogP) is -0.205. The standard InChI is InChI=1S/C21H19N7O3.H2O/c1-25-18-17(20(30)26(2)21(25)31)28(13-24-18)9-3-8-27-12-16(10-15(11-22)19(27)29)14-4-6-23-7-5-14;/h4-7,10,12-13H,3,8-9H2,1-2H3;1H2. The van der Waals surface area contributed by atoms with Crippen LogP contribution in [-0.2, 0) is 27.2 Å². The summed E-state index contributed by atoms with van der Waals surface area (Å²) < 4.78 is 5.55. The van der Waals surface area contributed by atoms with Gasteiger partial charge in [0.05, 0.1) is 6.33 Å². The van der Waals surface area contributed by atoms with Gasteiger partial charge in [0.2, 0.25) is 0 Å². The summed E-state index contributed by atoms with van der Waals surface area (Å²) in [5.74, 6) is 0. The molecule has 0 aromatic carbocycles. The molecule has 0 spiro atoms. The van der Waals surface area contributed by atoms with E-state index in [1.54, 1.807) is 36.3 Å². The third kappa shape index (κ3) is 3.75. The van der Waals surface area contributed by atoms with Gasteiger partial charge in [-0.05, 0) is 35.7 Å². The lowest BCUT2D eigenvalue weighted by molar-refractivity contribution is 0.558. The molecule has 4 rings (SSSR count). The van der Waals surface area contributed by atoms with E-state index in [4.69, 9.17) is 0 Å². The fourth-order valence-electron chi connectivity index (χ4n) is 3.56. The summed E-state index contributed by atoms with van der Waals surface area (Å²) in [7, 11) is 2.99. The zero-order valence-electron chi connectivity index (χ0n) is 17.5. The van der Waals surface area contributed by atoms with Crippen LogP contribution in [0.25, 0.3) is 22.3 Å². The van der Waals surface area contributed by atoms with Crippen LogP contribution in [0.5, 0.6) is 0 Å². The second-order valence-electron chi connectivity index (χ2n) is 7.16. The second-order valence-corrected chi connectivity index (χ2v) is 7.16. The highest BCUT2D eigenvalue weighted by Gasteiger charge is 2.14. The molecular weight excluding hydrogens is 414 g/mol. The first-order valence-corrected chi connectivity index (χ1v) is 9.58. The minimum atomic E-state index is -0.439. The summed E-state index contributed by atoms with van der Waals surface area (Å²) in [5.41, 5.74) is 1.09. The number of nitrogens with zero attached hydrogens (tertiary/aromatic N) is 7. The van der Waals surface area contributed by atoms with Gasteiger partial charge in [-0.3, -0.25) is 23.7 Å². The molecular formula is C21H21N7O4. The highest BCUT2D eigenvalue weighted by Crippen LogP contribution is 2.18. The Balaban J connectivity index is 0.00000289. The Morgan fingerprint density at radius 1 is 0.969 bits per heavy atom. The topological polar surface area (TPSA) is 152 Å². The monoisotopic (exact) mass is 435 g/mol. The molecule has 11 nitrogen and oxygen atoms in total. The Labute approximate surface area is 181 Å². The van der Waals surface area contributed by atoms with Crippen molar-refractivity contribution in [1.29, 1.82) is 5.26 Å². The van der Waals surface area contributed by atoms with E-state index in [-0.39, 0.29) is 16.6 Å². The molecule has 0 aliphatic heterocycles. The average molecular weight is 435 g/mol. The van der Waals surface area contributed by atoms with Crippen LogP contribution in [0.1, 0.15) is 12.0 Å². The van der Waals surface area contributed by atoms with Crippen LogP contribution in [0.2, 0.25) is 0 Å². The molecule has 0 fully saturated rings. The molecule has 4 heterocycles. The molecule has 4 aromatic rings. The lowest BCUT2D eigenvalue weighted by Gasteiger charge is -2.11. The summed E-state index contributed by atoms with van der Waals surface area (Å²) in [6.07, 6.45) is 7.04. The van der Waals surface area contributed by atoms with E-state index in [1.165, 1.54) is 22.5 Å². The molecule has 32 heavy (non-hydrogen) atoms. The highest BCUT2D eigenvalue weighted by molar-refractivity contribution is 5.69. The van der Waals surface area contributed by atoms with Crippen LogP contribution >= 0.6 is 0 Å². The molecule has 0 aliphatic rings. The fourth-order valence-corrected chi connectivity index (χ4v) is 3.56. The molecule has 0 unspecified atom stereocenters. The van der Waals surface area contributed by atoms with Crippen molar-refractivity contribution < 1.29 is 5.48 Å². The van der Waals surface area contributed by atoms with E-state index in [2.05, 4.69) is 9.97 Å². The van der Waals surface area contributed by atoms with Crippen molar-refractivity contribution >= 4 is 11.2 Å². The normalized spacial score (nSPS) is 10.7. The first-order valence-electron chi connectivity index (χ1n) is 9.58. The lowest BCUT2D eigenvalue weighted by Crippen LogP contribution is -2.37. The van der Waals surface area contributed by atoms with E-state index in [0.717, 1.165) is 15.7 Å². The van der Waals surface area contributed by atoms with Crippen molar-refractivity contribution in [1.82, 2.24) is 28.2 Å². The number of pyridine rings is 2. The fraction of sp³-hybridized carbons (Fsp3) is 0.238. The van der Waals surface area contributed by atoms with Crippen molar-refractivity contribution in [2.75, 3.05) is 0 Å². The van der Waals surface area contributed by atoms with Gasteiger partial charge in [-0.1, -0.05) is 0 Å². The van der Waals surface area contributed by atoms with Gasteiger partial charge in [0.15, 0.2) is 11.2 Å². The van der Waals surface area contributed by atoms with Crippen LogP contribution < -0.4 is 16.8 Å². The minimum absolute atomic E-state index is 0. The van der Waals surface area contributed by atoms with Crippen molar-refractivity contribution in [2.45, 2.75) is 19.5 Å². The maximum atomic E-state index is 12.6. The molecule has 11 heteroatoms. The lowest BCUT2D eigenvalue weighted by atomic mass is 10.1. The maximum absolute atomic E-state index is 12.6. The number of nitriles is 1. The van der Waals surface area contributed by atoms with Gasteiger partial charge >= 0.3 is 5.69 Å². The molecule has 0 amide bonds. The van der Waals surface area contributed by atoms with Gasteiger partial charge in [-0.15, -0.1) is 0 Å². The molecule has 0 aliphatic carbocycles. The van der Waals surface area contributed by atoms with Crippen LogP contribution in [-0.4, -0.2) is 33.7 Å². The van der Waals surface area contributed by atoms with E-state index >= 15 is 0 Å². The second kappa shape index (κ2) is 8.83. The number of fused-ring (bicyclic) bond motifs is 1. The highest BCUT2D eigenvalue weighted by atomic mass is 16.2. The molecule has 164 valence electrons. The van der Waals surface area contributed by atoms with Crippen molar-refractivity contribution in [3.05, 3.63) is 79.9 Å². The van der Waals surface area contributed by atoms with Crippen molar-refractivity contribution in [2.24, 2.45) is 14.1 Å². The van der Waals surface area contributed by atoms with Gasteiger partial charge in [0, 0.05) is 45.8 Å². The first kappa shape index (κ1) is 22.4. The van der Waals surface area contributed by atoms with Crippen molar-refractivity contribution in [3.8, 4) is 17.2 Å². The average Bonchev–Trinajstić information content (AvgIpc) is 3.22. The third-order valence-corrected chi connectivity index (χ3v) is 5.24. The molecule has 0 bridgehead atoms. The molecule has 0 saturated heterocycles. The Morgan fingerprint density at radius 3 is 2.34 bits per heavy atom. The van der Waals surface area contributed by atoms with E-state index in [9.17, 15) is 19.6 Å². The summed E-state index contributed by atoms with van der Waals surface area (Å²) in [5, 5.41) is 9.36. The Bertz CT molecular complexity index is 1500. The minimum Gasteiger partial charge on any atom is -0.412 e. The molecule has 0 radical (unpaired) electrons. The van der Waals surface area contributed by atoms with Gasteiger partial charge in [0.25, 0.3) is 11.1 Å². The first-order chi connectivity index (χ1) is 14.9. The Hall–Kier alpha value is -4.30. The van der Waals surface area contributed by atoms with Crippen molar-refractivity contribution in [3.63, 3.8) is 0 Å². The van der Waals surface area contributed by atoms with Gasteiger partial charge in [-0.25, -0.2) is 9.78 Å². The van der Waals surface area contributed by atoms with Crippen LogP contribution in [0.4, 0.5) is 0 Å².